The first kappa shape index (κ1) is 13.0. The number of fused-ring (bicyclic) bond motifs is 1. The molecule has 0 unspecified atom stereocenters. The van der Waals surface area contributed by atoms with E-state index in [0.717, 1.165) is 18.0 Å². The summed E-state index contributed by atoms with van der Waals surface area (Å²) in [6, 6.07) is 4.11. The topological polar surface area (TPSA) is 33.7 Å². The second-order valence-electron chi connectivity index (χ2n) is 5.39. The zero-order valence-electron chi connectivity index (χ0n) is 11.8. The number of hydrogen-bond acceptors (Lipinski definition) is 4. The lowest BCUT2D eigenvalue weighted by molar-refractivity contribution is 0.174. The Hall–Kier alpha value is -1.42. The predicted molar refractivity (Wildman–Crippen MR) is 73.7 cm³/mol. The van der Waals surface area contributed by atoms with Crippen LogP contribution in [0.4, 0.5) is 5.69 Å². The first-order valence-corrected chi connectivity index (χ1v) is 6.24. The summed E-state index contributed by atoms with van der Waals surface area (Å²) in [5, 5.41) is 3.23. The predicted octanol–water partition coefficient (Wildman–Crippen LogP) is 2.16. The number of rotatable bonds is 4. The SMILES string of the molecule is CNCC(C)(C)N(C)c1cc2c(cc1C)OCO2. The van der Waals surface area contributed by atoms with Crippen LogP contribution in [0.3, 0.4) is 0 Å². The van der Waals surface area contributed by atoms with Gasteiger partial charge in [0, 0.05) is 30.9 Å². The van der Waals surface area contributed by atoms with Gasteiger partial charge in [-0.05, 0) is 39.4 Å². The number of benzene rings is 1. The van der Waals surface area contributed by atoms with Gasteiger partial charge in [-0.1, -0.05) is 0 Å². The van der Waals surface area contributed by atoms with Crippen LogP contribution in [0.5, 0.6) is 11.5 Å². The first-order valence-electron chi connectivity index (χ1n) is 6.24. The molecule has 4 nitrogen and oxygen atoms in total. The van der Waals surface area contributed by atoms with Crippen molar-refractivity contribution in [2.45, 2.75) is 26.3 Å². The molecule has 0 bridgehead atoms. The van der Waals surface area contributed by atoms with Crippen molar-refractivity contribution in [3.63, 3.8) is 0 Å². The van der Waals surface area contributed by atoms with E-state index in [4.69, 9.17) is 9.47 Å². The number of aryl methyl sites for hydroxylation is 1. The Kier molecular flexibility index (Phi) is 3.39. The van der Waals surface area contributed by atoms with Crippen LogP contribution in [0.1, 0.15) is 19.4 Å². The minimum atomic E-state index is 0.0349. The highest BCUT2D eigenvalue weighted by molar-refractivity contribution is 5.63. The lowest BCUT2D eigenvalue weighted by atomic mass is 10.0. The minimum Gasteiger partial charge on any atom is -0.454 e. The molecule has 1 N–H and O–H groups in total. The molecule has 0 saturated carbocycles. The smallest absolute Gasteiger partial charge is 0.231 e. The zero-order valence-corrected chi connectivity index (χ0v) is 11.8. The maximum atomic E-state index is 5.45. The van der Waals surface area contributed by atoms with E-state index < -0.39 is 0 Å². The summed E-state index contributed by atoms with van der Waals surface area (Å²) in [7, 11) is 4.09. The molecular formula is C14H22N2O2. The largest absolute Gasteiger partial charge is 0.454 e. The maximum absolute atomic E-state index is 5.45. The molecule has 1 aromatic rings. The molecule has 0 radical (unpaired) electrons. The van der Waals surface area contributed by atoms with Gasteiger partial charge in [-0.3, -0.25) is 0 Å². The molecule has 0 aliphatic carbocycles. The summed E-state index contributed by atoms with van der Waals surface area (Å²) in [5.41, 5.74) is 2.41. The van der Waals surface area contributed by atoms with E-state index >= 15 is 0 Å². The average Bonchev–Trinajstić information content (AvgIpc) is 2.73. The highest BCUT2D eigenvalue weighted by atomic mass is 16.7. The molecule has 1 aromatic carbocycles. The van der Waals surface area contributed by atoms with E-state index in [0.29, 0.717) is 6.79 Å². The quantitative estimate of drug-likeness (QED) is 0.888. The third kappa shape index (κ3) is 2.25. The van der Waals surface area contributed by atoms with Gasteiger partial charge in [-0.15, -0.1) is 0 Å². The van der Waals surface area contributed by atoms with E-state index in [2.05, 4.69) is 44.1 Å². The van der Waals surface area contributed by atoms with Gasteiger partial charge < -0.3 is 19.7 Å². The molecular weight excluding hydrogens is 228 g/mol. The number of anilines is 1. The normalized spacial score (nSPS) is 13.8. The maximum Gasteiger partial charge on any atom is 0.231 e. The fraction of sp³-hybridized carbons (Fsp3) is 0.571. The Morgan fingerprint density at radius 3 is 2.50 bits per heavy atom. The molecule has 1 heterocycles. The number of ether oxygens (including phenoxy) is 2. The van der Waals surface area contributed by atoms with Crippen molar-refractivity contribution in [1.82, 2.24) is 5.32 Å². The summed E-state index contributed by atoms with van der Waals surface area (Å²) < 4.78 is 10.8. The second kappa shape index (κ2) is 4.69. The van der Waals surface area contributed by atoms with E-state index in [1.165, 1.54) is 11.3 Å². The van der Waals surface area contributed by atoms with Crippen LogP contribution in [-0.2, 0) is 0 Å². The number of nitrogens with zero attached hydrogens (tertiary/aromatic N) is 1. The number of hydrogen-bond donors (Lipinski definition) is 1. The summed E-state index contributed by atoms with van der Waals surface area (Å²) >= 11 is 0. The lowest BCUT2D eigenvalue weighted by Gasteiger charge is -2.38. The van der Waals surface area contributed by atoms with E-state index in [1.807, 2.05) is 13.1 Å². The molecule has 0 saturated heterocycles. The molecule has 0 fully saturated rings. The lowest BCUT2D eigenvalue weighted by Crippen LogP contribution is -2.48. The third-order valence-electron chi connectivity index (χ3n) is 3.57. The van der Waals surface area contributed by atoms with Crippen LogP contribution in [0.2, 0.25) is 0 Å². The fourth-order valence-electron chi connectivity index (χ4n) is 2.27. The van der Waals surface area contributed by atoms with Gasteiger partial charge >= 0.3 is 0 Å². The Bertz CT molecular complexity index is 444. The Morgan fingerprint density at radius 2 is 1.89 bits per heavy atom. The van der Waals surface area contributed by atoms with Crippen molar-refractivity contribution >= 4 is 5.69 Å². The van der Waals surface area contributed by atoms with Crippen LogP contribution in [0.25, 0.3) is 0 Å². The molecule has 1 aliphatic rings. The van der Waals surface area contributed by atoms with Crippen LogP contribution in [0, 0.1) is 6.92 Å². The zero-order chi connectivity index (χ0) is 13.3. The molecule has 1 aliphatic heterocycles. The van der Waals surface area contributed by atoms with Gasteiger partial charge in [-0.25, -0.2) is 0 Å². The van der Waals surface area contributed by atoms with Crippen molar-refractivity contribution < 1.29 is 9.47 Å². The average molecular weight is 250 g/mol. The van der Waals surface area contributed by atoms with Crippen molar-refractivity contribution in [3.05, 3.63) is 17.7 Å². The van der Waals surface area contributed by atoms with Crippen molar-refractivity contribution in [2.24, 2.45) is 0 Å². The van der Waals surface area contributed by atoms with Crippen LogP contribution in [0.15, 0.2) is 12.1 Å². The van der Waals surface area contributed by atoms with Gasteiger partial charge in [-0.2, -0.15) is 0 Å². The highest BCUT2D eigenvalue weighted by Crippen LogP contribution is 2.39. The van der Waals surface area contributed by atoms with Crippen LogP contribution < -0.4 is 19.7 Å². The first-order chi connectivity index (χ1) is 8.45. The second-order valence-corrected chi connectivity index (χ2v) is 5.39. The molecule has 18 heavy (non-hydrogen) atoms. The van der Waals surface area contributed by atoms with Gasteiger partial charge in [0.25, 0.3) is 0 Å². The number of nitrogens with one attached hydrogen (secondary N) is 1. The standard InChI is InChI=1S/C14H22N2O2/c1-10-6-12-13(18-9-17-12)7-11(10)16(5)14(2,3)8-15-4/h6-7,15H,8-9H2,1-5H3. The van der Waals surface area contributed by atoms with E-state index in [1.54, 1.807) is 0 Å². The molecule has 4 heteroatoms. The monoisotopic (exact) mass is 250 g/mol. The third-order valence-corrected chi connectivity index (χ3v) is 3.57. The van der Waals surface area contributed by atoms with Crippen molar-refractivity contribution in [2.75, 3.05) is 32.3 Å². The number of likely N-dealkylation sites (N-methyl/N-ethyl adjacent to an activating group) is 2. The van der Waals surface area contributed by atoms with Gasteiger partial charge in [0.1, 0.15) is 0 Å². The van der Waals surface area contributed by atoms with Crippen LogP contribution in [-0.4, -0.2) is 33.0 Å². The Balaban J connectivity index is 2.33. The van der Waals surface area contributed by atoms with Crippen molar-refractivity contribution in [1.29, 1.82) is 0 Å². The van der Waals surface area contributed by atoms with E-state index in [9.17, 15) is 0 Å². The molecule has 0 amide bonds. The Morgan fingerprint density at radius 1 is 1.28 bits per heavy atom. The molecule has 0 atom stereocenters. The van der Waals surface area contributed by atoms with Gasteiger partial charge in [0.05, 0.1) is 0 Å². The van der Waals surface area contributed by atoms with Crippen molar-refractivity contribution in [3.8, 4) is 11.5 Å². The van der Waals surface area contributed by atoms with Gasteiger partial charge in [0.2, 0.25) is 6.79 Å². The van der Waals surface area contributed by atoms with Gasteiger partial charge in [0.15, 0.2) is 11.5 Å². The molecule has 2 rings (SSSR count). The molecule has 0 aromatic heterocycles. The molecule has 100 valence electrons. The van der Waals surface area contributed by atoms with E-state index in [-0.39, 0.29) is 5.54 Å². The fourth-order valence-corrected chi connectivity index (χ4v) is 2.27. The summed E-state index contributed by atoms with van der Waals surface area (Å²) in [5.74, 6) is 1.68. The summed E-state index contributed by atoms with van der Waals surface area (Å²) in [6.45, 7) is 7.77. The highest BCUT2D eigenvalue weighted by Gasteiger charge is 2.26. The van der Waals surface area contributed by atoms with Crippen LogP contribution >= 0.6 is 0 Å². The molecule has 0 spiro atoms. The summed E-state index contributed by atoms with van der Waals surface area (Å²) in [6.07, 6.45) is 0. The summed E-state index contributed by atoms with van der Waals surface area (Å²) in [4.78, 5) is 2.28. The minimum absolute atomic E-state index is 0.0349. The Labute approximate surface area is 109 Å².